The summed E-state index contributed by atoms with van der Waals surface area (Å²) in [4.78, 5) is 34.3. The minimum atomic E-state index is -0.905. The van der Waals surface area contributed by atoms with Crippen LogP contribution < -0.4 is 15.0 Å². The van der Waals surface area contributed by atoms with Gasteiger partial charge in [0.1, 0.15) is 17.4 Å². The fraction of sp³-hybridized carbons (Fsp3) is 0.429. The number of aromatic nitrogens is 2. The largest absolute Gasteiger partial charge is 0.493 e. The number of hydrogen-bond acceptors (Lipinski definition) is 6. The minimum absolute atomic E-state index is 0.133. The molecule has 0 spiro atoms. The molecular formula is C21H22N4O4. The molecule has 1 saturated heterocycles. The van der Waals surface area contributed by atoms with E-state index in [0.29, 0.717) is 23.8 Å². The van der Waals surface area contributed by atoms with Gasteiger partial charge in [-0.05, 0) is 50.3 Å². The van der Waals surface area contributed by atoms with Crippen molar-refractivity contribution in [2.45, 2.75) is 51.2 Å². The zero-order valence-electron chi connectivity index (χ0n) is 16.3. The molecule has 3 heterocycles. The number of nitrogens with zero attached hydrogens (tertiary/aromatic N) is 3. The standard InChI is InChI=1S/C21H22N4O4/c1-3-21(2)18(26)25(20(27)24-21)14-9-22-19(23-10-14)29-15-7-6-13-11-28-17(12-4-5-12)16(13)8-15/h7-12,17H,3-6H2,1-2H3,(H,24,27)/t17?,21-/m1/s1. The number of carbonyl (C=O) groups excluding carboxylic acids is 2. The lowest BCUT2D eigenvalue weighted by Crippen LogP contribution is -2.43. The fourth-order valence-corrected chi connectivity index (χ4v) is 3.82. The van der Waals surface area contributed by atoms with Crippen molar-refractivity contribution < 1.29 is 19.1 Å². The third-order valence-corrected chi connectivity index (χ3v) is 5.96. The number of rotatable bonds is 5. The second kappa shape index (κ2) is 6.43. The van der Waals surface area contributed by atoms with Crippen LogP contribution in [0.2, 0.25) is 0 Å². The molecule has 4 aliphatic rings. The second-order valence-corrected chi connectivity index (χ2v) is 8.03. The maximum atomic E-state index is 12.6. The van der Waals surface area contributed by atoms with Gasteiger partial charge in [-0.25, -0.2) is 19.7 Å². The predicted molar refractivity (Wildman–Crippen MR) is 104 cm³/mol. The molecular weight excluding hydrogens is 372 g/mol. The number of urea groups is 1. The maximum Gasteiger partial charge on any atom is 0.329 e. The monoisotopic (exact) mass is 394 g/mol. The number of fused-ring (bicyclic) bond motifs is 1. The predicted octanol–water partition coefficient (Wildman–Crippen LogP) is 2.99. The first kappa shape index (κ1) is 17.9. The highest BCUT2D eigenvalue weighted by molar-refractivity contribution is 6.23. The summed E-state index contributed by atoms with van der Waals surface area (Å²) >= 11 is 0. The Balaban J connectivity index is 1.31. The van der Waals surface area contributed by atoms with Gasteiger partial charge in [-0.1, -0.05) is 6.92 Å². The average Bonchev–Trinajstić information content (AvgIpc) is 3.43. The Labute approximate surface area is 168 Å². The van der Waals surface area contributed by atoms with Gasteiger partial charge in [0, 0.05) is 11.5 Å². The third kappa shape index (κ3) is 2.99. The summed E-state index contributed by atoms with van der Waals surface area (Å²) in [7, 11) is 0. The Morgan fingerprint density at radius 3 is 2.72 bits per heavy atom. The number of hydrogen-bond donors (Lipinski definition) is 1. The van der Waals surface area contributed by atoms with Crippen LogP contribution in [-0.2, 0) is 9.53 Å². The molecule has 0 radical (unpaired) electrons. The van der Waals surface area contributed by atoms with Gasteiger partial charge < -0.3 is 14.8 Å². The van der Waals surface area contributed by atoms with Gasteiger partial charge in [0.05, 0.1) is 24.3 Å². The van der Waals surface area contributed by atoms with Crippen molar-refractivity contribution in [3.8, 4) is 6.01 Å². The van der Waals surface area contributed by atoms with Crippen LogP contribution in [0.25, 0.3) is 0 Å². The SMILES string of the molecule is CC[C@@]1(C)NC(=O)N(c2cnc(OC3=CCC4=COC(C5CC5)C4=C3)nc2)C1=O. The third-order valence-electron chi connectivity index (χ3n) is 5.96. The molecule has 1 N–H and O–H groups in total. The van der Waals surface area contributed by atoms with Crippen LogP contribution in [0.3, 0.4) is 0 Å². The molecule has 2 aliphatic carbocycles. The van der Waals surface area contributed by atoms with Crippen molar-refractivity contribution in [2.24, 2.45) is 5.92 Å². The highest BCUT2D eigenvalue weighted by atomic mass is 16.5. The van der Waals surface area contributed by atoms with E-state index >= 15 is 0 Å². The van der Waals surface area contributed by atoms with E-state index in [1.807, 2.05) is 25.3 Å². The van der Waals surface area contributed by atoms with Crippen molar-refractivity contribution in [3.05, 3.63) is 47.7 Å². The fourth-order valence-electron chi connectivity index (χ4n) is 3.82. The Hall–Kier alpha value is -3.16. The topological polar surface area (TPSA) is 93.7 Å². The lowest BCUT2D eigenvalue weighted by atomic mass is 9.93. The molecule has 8 heteroatoms. The molecule has 2 fully saturated rings. The van der Waals surface area contributed by atoms with Crippen LogP contribution in [0.15, 0.2) is 47.7 Å². The number of amides is 3. The van der Waals surface area contributed by atoms with Gasteiger partial charge in [0.15, 0.2) is 0 Å². The summed E-state index contributed by atoms with van der Waals surface area (Å²) in [6.45, 7) is 3.56. The number of nitrogens with one attached hydrogen (secondary N) is 1. The van der Waals surface area contributed by atoms with E-state index in [9.17, 15) is 9.59 Å². The highest BCUT2D eigenvalue weighted by Gasteiger charge is 2.47. The first-order chi connectivity index (χ1) is 14.0. The van der Waals surface area contributed by atoms with Crippen molar-refractivity contribution >= 4 is 17.6 Å². The van der Waals surface area contributed by atoms with Gasteiger partial charge >= 0.3 is 12.0 Å². The van der Waals surface area contributed by atoms with Gasteiger partial charge in [-0.3, -0.25) is 4.79 Å². The van der Waals surface area contributed by atoms with E-state index < -0.39 is 11.6 Å². The van der Waals surface area contributed by atoms with Gasteiger partial charge in [-0.2, -0.15) is 0 Å². The van der Waals surface area contributed by atoms with E-state index in [0.717, 1.165) is 11.3 Å². The molecule has 150 valence electrons. The molecule has 5 rings (SSSR count). The molecule has 8 nitrogen and oxygen atoms in total. The summed E-state index contributed by atoms with van der Waals surface area (Å²) in [5.74, 6) is 0.964. The van der Waals surface area contributed by atoms with Crippen molar-refractivity contribution in [3.63, 3.8) is 0 Å². The summed E-state index contributed by atoms with van der Waals surface area (Å²) in [6, 6.07) is -0.306. The smallest absolute Gasteiger partial charge is 0.329 e. The molecule has 1 aromatic heterocycles. The Bertz CT molecular complexity index is 977. The van der Waals surface area contributed by atoms with E-state index in [1.54, 1.807) is 6.92 Å². The highest BCUT2D eigenvalue weighted by Crippen LogP contribution is 2.44. The summed E-state index contributed by atoms with van der Waals surface area (Å²) < 4.78 is 11.6. The molecule has 2 atom stereocenters. The number of anilines is 1. The van der Waals surface area contributed by atoms with E-state index in [-0.39, 0.29) is 18.0 Å². The van der Waals surface area contributed by atoms with Crippen LogP contribution in [0.4, 0.5) is 10.5 Å². The molecule has 29 heavy (non-hydrogen) atoms. The molecule has 2 aliphatic heterocycles. The quantitative estimate of drug-likeness (QED) is 0.772. The first-order valence-corrected chi connectivity index (χ1v) is 9.92. The summed E-state index contributed by atoms with van der Waals surface area (Å²) in [6.07, 6.45) is 12.5. The zero-order valence-corrected chi connectivity index (χ0v) is 16.3. The van der Waals surface area contributed by atoms with Crippen molar-refractivity contribution in [1.29, 1.82) is 0 Å². The van der Waals surface area contributed by atoms with Crippen molar-refractivity contribution in [1.82, 2.24) is 15.3 Å². The van der Waals surface area contributed by atoms with Crippen LogP contribution in [0.1, 0.15) is 39.5 Å². The minimum Gasteiger partial charge on any atom is -0.493 e. The van der Waals surface area contributed by atoms with Gasteiger partial charge in [-0.15, -0.1) is 0 Å². The van der Waals surface area contributed by atoms with E-state index in [4.69, 9.17) is 9.47 Å². The Morgan fingerprint density at radius 1 is 1.31 bits per heavy atom. The second-order valence-electron chi connectivity index (χ2n) is 8.03. The summed E-state index contributed by atoms with van der Waals surface area (Å²) in [5.41, 5.74) is 1.79. The number of imide groups is 1. The molecule has 3 amide bonds. The van der Waals surface area contributed by atoms with Crippen LogP contribution in [0.5, 0.6) is 6.01 Å². The van der Waals surface area contributed by atoms with Gasteiger partial charge in [0.2, 0.25) is 0 Å². The number of carbonyl (C=O) groups is 2. The molecule has 1 aromatic rings. The van der Waals surface area contributed by atoms with E-state index in [2.05, 4.69) is 15.3 Å². The van der Waals surface area contributed by atoms with Crippen LogP contribution >= 0.6 is 0 Å². The lowest BCUT2D eigenvalue weighted by Gasteiger charge is -2.19. The van der Waals surface area contributed by atoms with Crippen LogP contribution in [-0.4, -0.2) is 33.5 Å². The normalized spacial score (nSPS) is 28.3. The van der Waals surface area contributed by atoms with E-state index in [1.165, 1.54) is 36.4 Å². The first-order valence-electron chi connectivity index (χ1n) is 9.92. The van der Waals surface area contributed by atoms with Gasteiger partial charge in [0.25, 0.3) is 5.91 Å². The number of allylic oxidation sites excluding steroid dienone is 2. The zero-order chi connectivity index (χ0) is 20.2. The summed E-state index contributed by atoms with van der Waals surface area (Å²) in [5, 5.41) is 2.71. The molecule has 0 aromatic carbocycles. The molecule has 1 saturated carbocycles. The number of ether oxygens (including phenoxy) is 2. The molecule has 1 unspecified atom stereocenters. The Kier molecular flexibility index (Phi) is 3.97. The Morgan fingerprint density at radius 2 is 2.07 bits per heavy atom. The van der Waals surface area contributed by atoms with Crippen LogP contribution in [0, 0.1) is 5.92 Å². The molecule has 0 bridgehead atoms. The average molecular weight is 394 g/mol. The maximum absolute atomic E-state index is 12.6. The lowest BCUT2D eigenvalue weighted by molar-refractivity contribution is -0.121. The van der Waals surface area contributed by atoms with Crippen molar-refractivity contribution in [2.75, 3.05) is 4.90 Å².